The summed E-state index contributed by atoms with van der Waals surface area (Å²) in [5.41, 5.74) is 5.15. The molecular weight excluding hydrogens is 302 g/mol. The lowest BCUT2D eigenvalue weighted by Gasteiger charge is -2.21. The van der Waals surface area contributed by atoms with Crippen LogP contribution in [0.1, 0.15) is 62.3 Å². The minimum Gasteiger partial charge on any atom is -0.192 e. The molecule has 0 saturated carbocycles. The van der Waals surface area contributed by atoms with Gasteiger partial charge in [0.25, 0.3) is 0 Å². The van der Waals surface area contributed by atoms with E-state index in [0.29, 0.717) is 0 Å². The van der Waals surface area contributed by atoms with E-state index in [1.807, 2.05) is 0 Å². The van der Waals surface area contributed by atoms with Crippen LogP contribution in [0, 0.1) is 11.3 Å². The van der Waals surface area contributed by atoms with Crippen molar-refractivity contribution in [2.45, 2.75) is 59.3 Å². The van der Waals surface area contributed by atoms with Crippen molar-refractivity contribution in [1.29, 1.82) is 5.26 Å². The largest absolute Gasteiger partial charge is 0.192 e. The molecule has 0 aromatic heterocycles. The Morgan fingerprint density at radius 1 is 0.720 bits per heavy atom. The molecule has 0 spiro atoms. The molecule has 0 radical (unpaired) electrons. The quantitative estimate of drug-likeness (QED) is 0.460. The third kappa shape index (κ3) is 3.02. The molecule has 0 saturated heterocycles. The molecule has 128 valence electrons. The fraction of sp³-hybridized carbons (Fsp3) is 0.375. The van der Waals surface area contributed by atoms with E-state index in [1.54, 1.807) is 0 Å². The number of fused-ring (bicyclic) bond motifs is 3. The Morgan fingerprint density at radius 2 is 1.36 bits per heavy atom. The first-order chi connectivity index (χ1) is 12.3. The Hall–Kier alpha value is -2.33. The molecule has 3 rings (SSSR count). The first kappa shape index (κ1) is 17.5. The fourth-order valence-electron chi connectivity index (χ4n) is 4.18. The number of nitriles is 1. The van der Waals surface area contributed by atoms with Crippen LogP contribution >= 0.6 is 0 Å². The van der Waals surface area contributed by atoms with Gasteiger partial charge in [-0.1, -0.05) is 76.4 Å². The van der Waals surface area contributed by atoms with E-state index in [-0.39, 0.29) is 0 Å². The van der Waals surface area contributed by atoms with E-state index in [9.17, 15) is 5.26 Å². The molecule has 0 amide bonds. The van der Waals surface area contributed by atoms with E-state index >= 15 is 0 Å². The lowest BCUT2D eigenvalue weighted by Crippen LogP contribution is -2.06. The maximum atomic E-state index is 9.98. The van der Waals surface area contributed by atoms with Crippen molar-refractivity contribution >= 4 is 21.5 Å². The average molecular weight is 329 g/mol. The summed E-state index contributed by atoms with van der Waals surface area (Å²) in [6.07, 6.45) is 6.48. The van der Waals surface area contributed by atoms with Gasteiger partial charge in [0.15, 0.2) is 0 Å². The Kier molecular flexibility index (Phi) is 5.39. The second-order valence-electron chi connectivity index (χ2n) is 6.88. The molecule has 0 bridgehead atoms. The minimum absolute atomic E-state index is 0.908. The van der Waals surface area contributed by atoms with Crippen LogP contribution in [0.5, 0.6) is 0 Å². The molecule has 0 heterocycles. The Morgan fingerprint density at radius 3 is 2.04 bits per heavy atom. The molecule has 25 heavy (non-hydrogen) atoms. The second kappa shape index (κ2) is 7.70. The summed E-state index contributed by atoms with van der Waals surface area (Å²) in [6.45, 7) is 6.70. The topological polar surface area (TPSA) is 23.8 Å². The van der Waals surface area contributed by atoms with Crippen molar-refractivity contribution in [3.8, 4) is 6.07 Å². The monoisotopic (exact) mass is 329 g/mol. The van der Waals surface area contributed by atoms with Crippen molar-refractivity contribution in [1.82, 2.24) is 0 Å². The first-order valence-corrected chi connectivity index (χ1v) is 9.64. The smallest absolute Gasteiger partial charge is 0.100 e. The number of rotatable bonds is 6. The normalized spacial score (nSPS) is 11.1. The molecule has 0 aliphatic carbocycles. The predicted molar refractivity (Wildman–Crippen MR) is 108 cm³/mol. The van der Waals surface area contributed by atoms with Crippen LogP contribution in [0.15, 0.2) is 36.4 Å². The van der Waals surface area contributed by atoms with E-state index < -0.39 is 0 Å². The molecule has 3 aromatic rings. The summed E-state index contributed by atoms with van der Waals surface area (Å²) in [5, 5.41) is 15.0. The molecule has 0 N–H and O–H groups in total. The summed E-state index contributed by atoms with van der Waals surface area (Å²) >= 11 is 0. The zero-order chi connectivity index (χ0) is 17.8. The van der Waals surface area contributed by atoms with Crippen LogP contribution in [0.25, 0.3) is 21.5 Å². The molecule has 0 atom stereocenters. The lowest BCUT2D eigenvalue weighted by molar-refractivity contribution is 0.830. The fourth-order valence-corrected chi connectivity index (χ4v) is 4.18. The van der Waals surface area contributed by atoms with Crippen molar-refractivity contribution < 1.29 is 0 Å². The van der Waals surface area contributed by atoms with E-state index in [2.05, 4.69) is 63.2 Å². The van der Waals surface area contributed by atoms with Crippen molar-refractivity contribution in [3.05, 3.63) is 58.7 Å². The van der Waals surface area contributed by atoms with Crippen LogP contribution < -0.4 is 0 Å². The Labute approximate surface area is 151 Å². The first-order valence-electron chi connectivity index (χ1n) is 9.64. The van der Waals surface area contributed by atoms with Gasteiger partial charge in [-0.3, -0.25) is 0 Å². The van der Waals surface area contributed by atoms with Gasteiger partial charge in [0.1, 0.15) is 6.07 Å². The molecular formula is C24H27N. The molecule has 3 aromatic carbocycles. The highest BCUT2D eigenvalue weighted by Gasteiger charge is 2.19. The molecule has 1 nitrogen and oxygen atoms in total. The summed E-state index contributed by atoms with van der Waals surface area (Å²) < 4.78 is 0. The number of hydrogen-bond donors (Lipinski definition) is 0. The summed E-state index contributed by atoms with van der Waals surface area (Å²) in [5.74, 6) is 0. The number of benzene rings is 3. The minimum atomic E-state index is 0.908. The van der Waals surface area contributed by atoms with Crippen LogP contribution in [0.2, 0.25) is 0 Å². The van der Waals surface area contributed by atoms with Gasteiger partial charge >= 0.3 is 0 Å². The maximum Gasteiger partial charge on any atom is 0.100 e. The van der Waals surface area contributed by atoms with Gasteiger partial charge in [-0.05, 0) is 52.1 Å². The number of nitrogens with zero attached hydrogens (tertiary/aromatic N) is 1. The average Bonchev–Trinajstić information content (AvgIpc) is 2.64. The predicted octanol–water partition coefficient (Wildman–Crippen LogP) is 6.72. The lowest BCUT2D eigenvalue weighted by atomic mass is 9.82. The highest BCUT2D eigenvalue weighted by Crippen LogP contribution is 2.37. The second-order valence-corrected chi connectivity index (χ2v) is 6.88. The van der Waals surface area contributed by atoms with Gasteiger partial charge < -0.3 is 0 Å². The van der Waals surface area contributed by atoms with E-state index in [0.717, 1.165) is 49.5 Å². The van der Waals surface area contributed by atoms with Gasteiger partial charge in [-0.15, -0.1) is 0 Å². The number of hydrogen-bond acceptors (Lipinski definition) is 1. The molecule has 0 fully saturated rings. The zero-order valence-corrected chi connectivity index (χ0v) is 15.7. The molecule has 0 unspecified atom stereocenters. The van der Waals surface area contributed by atoms with E-state index in [1.165, 1.54) is 32.8 Å². The van der Waals surface area contributed by atoms with Gasteiger partial charge in [-0.2, -0.15) is 5.26 Å². The van der Waals surface area contributed by atoms with Gasteiger partial charge in [0.2, 0.25) is 0 Å². The third-order valence-electron chi connectivity index (χ3n) is 5.14. The van der Waals surface area contributed by atoms with Crippen LogP contribution in [-0.4, -0.2) is 0 Å². The van der Waals surface area contributed by atoms with E-state index in [4.69, 9.17) is 0 Å². The van der Waals surface area contributed by atoms with Crippen molar-refractivity contribution in [2.75, 3.05) is 0 Å². The standard InChI is InChI=1S/C24H27N/c1-4-9-19-20(10-5-2)23(16-25)22-15-14-17-12-7-8-13-18(17)24(22)21(19)11-6-3/h7-8,12-15H,4-6,9-11H2,1-3H3. The molecule has 1 heteroatoms. The van der Waals surface area contributed by atoms with Crippen molar-refractivity contribution in [2.24, 2.45) is 0 Å². The van der Waals surface area contributed by atoms with Gasteiger partial charge in [0, 0.05) is 5.39 Å². The van der Waals surface area contributed by atoms with Crippen molar-refractivity contribution in [3.63, 3.8) is 0 Å². The Bertz CT molecular complexity index is 944. The highest BCUT2D eigenvalue weighted by atomic mass is 14.3. The number of aryl methyl sites for hydroxylation is 1. The maximum absolute atomic E-state index is 9.98. The SMILES string of the molecule is CCCc1c(CCC)c(CCC)c2c(ccc3ccccc32)c1C#N. The summed E-state index contributed by atoms with van der Waals surface area (Å²) in [7, 11) is 0. The molecule has 0 aliphatic rings. The third-order valence-corrected chi connectivity index (χ3v) is 5.14. The summed E-state index contributed by atoms with van der Waals surface area (Å²) in [4.78, 5) is 0. The summed E-state index contributed by atoms with van der Waals surface area (Å²) in [6, 6.07) is 15.5. The van der Waals surface area contributed by atoms with Gasteiger partial charge in [0.05, 0.1) is 5.56 Å². The van der Waals surface area contributed by atoms with Crippen LogP contribution in [-0.2, 0) is 19.3 Å². The highest BCUT2D eigenvalue weighted by molar-refractivity contribution is 6.11. The Balaban J connectivity index is 2.54. The van der Waals surface area contributed by atoms with Crippen LogP contribution in [0.3, 0.4) is 0 Å². The van der Waals surface area contributed by atoms with Gasteiger partial charge in [-0.25, -0.2) is 0 Å². The van der Waals surface area contributed by atoms with Crippen LogP contribution in [0.4, 0.5) is 0 Å². The zero-order valence-electron chi connectivity index (χ0n) is 15.7. The molecule has 0 aliphatic heterocycles.